The Balaban J connectivity index is 1.58. The number of carbonyl (C=O) groups is 3. The molecule has 0 aliphatic carbocycles. The van der Waals surface area contributed by atoms with Gasteiger partial charge in [0.1, 0.15) is 6.04 Å². The second-order valence-electron chi connectivity index (χ2n) is 10.5. The van der Waals surface area contributed by atoms with E-state index in [0.717, 1.165) is 5.56 Å². The number of hydrogen-bond acceptors (Lipinski definition) is 5. The molecule has 2 fully saturated rings. The van der Waals surface area contributed by atoms with Crippen LogP contribution in [0, 0.1) is 11.8 Å². The average molecular weight is 510 g/mol. The normalized spacial score (nSPS) is 32.5. The van der Waals surface area contributed by atoms with Gasteiger partial charge in [-0.2, -0.15) is 0 Å². The molecule has 4 aliphatic heterocycles. The standard InChI is InChI=1S/C28H35N3O4S/c1-4-20(17-32)31-24-27(35)30(18(2)3)15-9-13-28(24)23(26(31)34)22-21(36-28)12-8-14-29(25(22)33)16-19-10-6-5-7-11-19/h5-13,18,20-24,32H,4,14-17H2,1-3H3/t20-,21-,22+,23-,24?,28-/m0/s1. The van der Waals surface area contributed by atoms with Crippen molar-refractivity contribution in [3.63, 3.8) is 0 Å². The number of aliphatic hydroxyl groups is 1. The number of hydrogen-bond donors (Lipinski definition) is 1. The lowest BCUT2D eigenvalue weighted by Gasteiger charge is -2.39. The quantitative estimate of drug-likeness (QED) is 0.596. The molecule has 7 nitrogen and oxygen atoms in total. The van der Waals surface area contributed by atoms with Crippen LogP contribution in [0.2, 0.25) is 0 Å². The van der Waals surface area contributed by atoms with Gasteiger partial charge < -0.3 is 19.8 Å². The summed E-state index contributed by atoms with van der Waals surface area (Å²) in [5.41, 5.74) is 1.04. The van der Waals surface area contributed by atoms with Crippen molar-refractivity contribution in [1.29, 1.82) is 0 Å². The molecular weight excluding hydrogens is 474 g/mol. The van der Waals surface area contributed by atoms with Gasteiger partial charge in [0.05, 0.1) is 29.2 Å². The van der Waals surface area contributed by atoms with Crippen molar-refractivity contribution in [2.45, 2.75) is 61.9 Å². The van der Waals surface area contributed by atoms with Gasteiger partial charge in [0.15, 0.2) is 0 Å². The van der Waals surface area contributed by atoms with Gasteiger partial charge in [-0.3, -0.25) is 14.4 Å². The highest BCUT2D eigenvalue weighted by atomic mass is 32.2. The zero-order valence-electron chi connectivity index (χ0n) is 21.1. The predicted molar refractivity (Wildman–Crippen MR) is 140 cm³/mol. The molecule has 5 rings (SSSR count). The van der Waals surface area contributed by atoms with E-state index >= 15 is 0 Å². The molecule has 6 atom stereocenters. The average Bonchev–Trinajstić information content (AvgIpc) is 3.18. The summed E-state index contributed by atoms with van der Waals surface area (Å²) in [5, 5.41) is 10.0. The largest absolute Gasteiger partial charge is 0.394 e. The van der Waals surface area contributed by atoms with Crippen LogP contribution in [0.25, 0.3) is 0 Å². The monoisotopic (exact) mass is 509 g/mol. The molecular formula is C28H35N3O4S. The number of aliphatic hydroxyl groups excluding tert-OH is 1. The van der Waals surface area contributed by atoms with E-state index in [1.165, 1.54) is 0 Å². The fourth-order valence-corrected chi connectivity index (χ4v) is 8.36. The summed E-state index contributed by atoms with van der Waals surface area (Å²) < 4.78 is -0.842. The first-order valence-electron chi connectivity index (χ1n) is 12.9. The van der Waals surface area contributed by atoms with E-state index in [-0.39, 0.29) is 35.6 Å². The highest BCUT2D eigenvalue weighted by molar-refractivity contribution is 8.02. The number of benzene rings is 1. The van der Waals surface area contributed by atoms with Crippen LogP contribution in [0.15, 0.2) is 54.6 Å². The van der Waals surface area contributed by atoms with Gasteiger partial charge >= 0.3 is 0 Å². The molecule has 3 amide bonds. The third-order valence-corrected chi connectivity index (χ3v) is 9.87. The summed E-state index contributed by atoms with van der Waals surface area (Å²) in [7, 11) is 0. The number of thioether (sulfide) groups is 1. The zero-order valence-corrected chi connectivity index (χ0v) is 21.9. The van der Waals surface area contributed by atoms with Crippen molar-refractivity contribution < 1.29 is 19.5 Å². The van der Waals surface area contributed by atoms with Gasteiger partial charge in [0.25, 0.3) is 0 Å². The predicted octanol–water partition coefficient (Wildman–Crippen LogP) is 2.46. The molecule has 1 aromatic carbocycles. The van der Waals surface area contributed by atoms with E-state index in [2.05, 4.69) is 6.08 Å². The molecule has 0 radical (unpaired) electrons. The number of carbonyl (C=O) groups excluding carboxylic acids is 3. The van der Waals surface area contributed by atoms with E-state index in [0.29, 0.717) is 26.1 Å². The molecule has 1 aromatic rings. The second-order valence-corrected chi connectivity index (χ2v) is 11.9. The summed E-state index contributed by atoms with van der Waals surface area (Å²) in [6.07, 6.45) is 8.65. The van der Waals surface area contributed by atoms with Crippen LogP contribution >= 0.6 is 11.8 Å². The van der Waals surface area contributed by atoms with E-state index < -0.39 is 28.7 Å². The molecule has 36 heavy (non-hydrogen) atoms. The second kappa shape index (κ2) is 9.71. The Morgan fingerprint density at radius 3 is 2.47 bits per heavy atom. The van der Waals surface area contributed by atoms with Crippen molar-refractivity contribution in [3.8, 4) is 0 Å². The SMILES string of the molecule is CC[C@@H](CO)N1C(=O)[C@@H]2[C@@H]3C(=O)N(Cc4ccccc4)CC=C[C@@H]3S[C@@]23C=CCN(C(C)C)C(=O)C13. The first-order valence-corrected chi connectivity index (χ1v) is 13.8. The van der Waals surface area contributed by atoms with E-state index in [1.807, 2.05) is 74.2 Å². The van der Waals surface area contributed by atoms with Crippen molar-refractivity contribution >= 4 is 29.5 Å². The van der Waals surface area contributed by atoms with Gasteiger partial charge in [-0.25, -0.2) is 0 Å². The third-order valence-electron chi connectivity index (χ3n) is 8.13. The molecule has 2 saturated heterocycles. The first-order chi connectivity index (χ1) is 17.3. The molecule has 1 N–H and O–H groups in total. The maximum atomic E-state index is 14.2. The molecule has 0 saturated carbocycles. The van der Waals surface area contributed by atoms with Gasteiger partial charge in [0, 0.05) is 30.9 Å². The van der Waals surface area contributed by atoms with Gasteiger partial charge in [-0.05, 0) is 25.8 Å². The first kappa shape index (κ1) is 25.1. The Labute approximate surface area is 217 Å². The molecule has 0 aromatic heterocycles. The Morgan fingerprint density at radius 1 is 1.06 bits per heavy atom. The summed E-state index contributed by atoms with van der Waals surface area (Å²) >= 11 is 1.59. The minimum atomic E-state index is -0.842. The van der Waals surface area contributed by atoms with Crippen LogP contribution in [0.5, 0.6) is 0 Å². The molecule has 192 valence electrons. The lowest BCUT2D eigenvalue weighted by atomic mass is 9.78. The van der Waals surface area contributed by atoms with E-state index in [1.54, 1.807) is 21.6 Å². The smallest absolute Gasteiger partial charge is 0.247 e. The van der Waals surface area contributed by atoms with Crippen LogP contribution < -0.4 is 0 Å². The van der Waals surface area contributed by atoms with Crippen molar-refractivity contribution in [1.82, 2.24) is 14.7 Å². The van der Waals surface area contributed by atoms with E-state index in [4.69, 9.17) is 0 Å². The molecule has 8 heteroatoms. The highest BCUT2D eigenvalue weighted by Gasteiger charge is 2.71. The summed E-state index contributed by atoms with van der Waals surface area (Å²) in [6.45, 7) is 7.10. The van der Waals surface area contributed by atoms with Crippen LogP contribution in [0.1, 0.15) is 32.8 Å². The van der Waals surface area contributed by atoms with Crippen molar-refractivity contribution in [3.05, 3.63) is 60.2 Å². The number of rotatable bonds is 6. The van der Waals surface area contributed by atoms with Crippen LogP contribution in [0.4, 0.5) is 0 Å². The molecule has 0 bridgehead atoms. The van der Waals surface area contributed by atoms with Crippen LogP contribution in [-0.4, -0.2) is 85.3 Å². The van der Waals surface area contributed by atoms with Crippen LogP contribution in [0.3, 0.4) is 0 Å². The van der Waals surface area contributed by atoms with Crippen molar-refractivity contribution in [2.24, 2.45) is 11.8 Å². The molecule has 4 heterocycles. The Hall–Kier alpha value is -2.58. The number of fused-ring (bicyclic) bond motifs is 2. The minimum absolute atomic E-state index is 0.0257. The summed E-state index contributed by atoms with van der Waals surface area (Å²) in [6, 6.07) is 8.64. The minimum Gasteiger partial charge on any atom is -0.394 e. The molecule has 1 unspecified atom stereocenters. The summed E-state index contributed by atoms with van der Waals surface area (Å²) in [5.74, 6) is -1.54. The Bertz CT molecular complexity index is 1090. The Morgan fingerprint density at radius 2 is 1.81 bits per heavy atom. The summed E-state index contributed by atoms with van der Waals surface area (Å²) in [4.78, 5) is 47.6. The fourth-order valence-electron chi connectivity index (χ4n) is 6.36. The topological polar surface area (TPSA) is 81.2 Å². The maximum absolute atomic E-state index is 14.2. The van der Waals surface area contributed by atoms with Gasteiger partial charge in [-0.1, -0.05) is 61.6 Å². The molecule has 1 spiro atoms. The molecule has 4 aliphatic rings. The van der Waals surface area contributed by atoms with Gasteiger partial charge in [-0.15, -0.1) is 11.8 Å². The lowest BCUT2D eigenvalue weighted by Crippen LogP contribution is -2.57. The van der Waals surface area contributed by atoms with Gasteiger partial charge in [0.2, 0.25) is 17.7 Å². The van der Waals surface area contributed by atoms with E-state index in [9.17, 15) is 19.5 Å². The Kier molecular flexibility index (Phi) is 6.76. The van der Waals surface area contributed by atoms with Crippen molar-refractivity contribution in [2.75, 3.05) is 19.7 Å². The maximum Gasteiger partial charge on any atom is 0.247 e. The van der Waals surface area contributed by atoms with Crippen LogP contribution in [-0.2, 0) is 20.9 Å². The lowest BCUT2D eigenvalue weighted by molar-refractivity contribution is -0.147. The highest BCUT2D eigenvalue weighted by Crippen LogP contribution is 2.61. The number of amides is 3. The fraction of sp³-hybridized carbons (Fsp3) is 0.536. The third kappa shape index (κ3) is 3.80. The number of nitrogens with zero attached hydrogens (tertiary/aromatic N) is 3. The zero-order chi connectivity index (χ0) is 25.6. The number of likely N-dealkylation sites (tertiary alicyclic amines) is 1.